The summed E-state index contributed by atoms with van der Waals surface area (Å²) in [7, 11) is 1.87. The van der Waals surface area contributed by atoms with Gasteiger partial charge in [-0.15, -0.1) is 0 Å². The van der Waals surface area contributed by atoms with Gasteiger partial charge in [-0.1, -0.05) is 6.92 Å². The molecule has 0 spiro atoms. The van der Waals surface area contributed by atoms with E-state index in [1.54, 1.807) is 4.90 Å². The van der Waals surface area contributed by atoms with Crippen molar-refractivity contribution in [3.05, 3.63) is 0 Å². The maximum absolute atomic E-state index is 12.4. The molecule has 1 unspecified atom stereocenters. The minimum Gasteiger partial charge on any atom is -0.316 e. The average Bonchev–Trinajstić information content (AvgIpc) is 1.96. The molecule has 0 aromatic carbocycles. The number of nitrogens with one attached hydrogen (secondary N) is 1. The van der Waals surface area contributed by atoms with E-state index in [4.69, 9.17) is 0 Å². The summed E-state index contributed by atoms with van der Waals surface area (Å²) in [4.78, 5) is 1.78. The van der Waals surface area contributed by atoms with E-state index in [9.17, 15) is 8.78 Å². The lowest BCUT2D eigenvalue weighted by molar-refractivity contribution is -0.132. The van der Waals surface area contributed by atoms with Crippen LogP contribution in [0.15, 0.2) is 0 Å². The molecule has 0 aromatic heterocycles. The van der Waals surface area contributed by atoms with Crippen LogP contribution < -0.4 is 5.32 Å². The highest BCUT2D eigenvalue weighted by molar-refractivity contribution is 4.88. The highest BCUT2D eigenvalue weighted by Gasteiger charge is 2.43. The molecule has 12 heavy (non-hydrogen) atoms. The van der Waals surface area contributed by atoms with Gasteiger partial charge in [0.2, 0.25) is 0 Å². The molecule has 4 heteroatoms. The van der Waals surface area contributed by atoms with Crippen molar-refractivity contribution in [3.8, 4) is 0 Å². The Morgan fingerprint density at radius 1 is 1.50 bits per heavy atom. The molecule has 1 fully saturated rings. The number of hydrogen-bond donors (Lipinski definition) is 1. The third kappa shape index (κ3) is 2.38. The van der Waals surface area contributed by atoms with Crippen LogP contribution >= 0.6 is 0 Å². The fourth-order valence-corrected chi connectivity index (χ4v) is 1.47. The Morgan fingerprint density at radius 2 is 2.08 bits per heavy atom. The Bertz CT molecular complexity index is 138. The fourth-order valence-electron chi connectivity index (χ4n) is 1.47. The van der Waals surface area contributed by atoms with Crippen molar-refractivity contribution < 1.29 is 8.78 Å². The van der Waals surface area contributed by atoms with Gasteiger partial charge >= 0.3 is 0 Å². The number of alkyl halides is 2. The summed E-state index contributed by atoms with van der Waals surface area (Å²) in [6, 6.07) is 0.348. The third-order valence-electron chi connectivity index (χ3n) is 2.29. The molecule has 0 aromatic rings. The summed E-state index contributed by atoms with van der Waals surface area (Å²) in [5.41, 5.74) is 0. The molecule has 1 aliphatic heterocycles. The molecule has 1 heterocycles. The molecule has 0 amide bonds. The Balaban J connectivity index is 2.17. The lowest BCUT2D eigenvalue weighted by atomic mass is 10.1. The van der Waals surface area contributed by atoms with Gasteiger partial charge in [0.1, 0.15) is 0 Å². The molecular formula is C8H16F2N2. The molecule has 1 saturated heterocycles. The molecule has 2 nitrogen and oxygen atoms in total. The number of hydrogen-bond acceptors (Lipinski definition) is 2. The van der Waals surface area contributed by atoms with E-state index in [1.807, 2.05) is 7.05 Å². The third-order valence-corrected chi connectivity index (χ3v) is 2.29. The number of nitrogens with zero attached hydrogens (tertiary/aromatic N) is 1. The largest absolute Gasteiger partial charge is 0.316 e. The standard InChI is InChI=1S/C8H16F2N2/c1-3-7(11-2)4-12-5-8(9,10)6-12/h7,11H,3-6H2,1-2H3. The van der Waals surface area contributed by atoms with E-state index in [0.717, 1.165) is 13.0 Å². The Kier molecular flexibility index (Phi) is 3.01. The van der Waals surface area contributed by atoms with Gasteiger partial charge in [-0.05, 0) is 13.5 Å². The maximum atomic E-state index is 12.4. The summed E-state index contributed by atoms with van der Waals surface area (Å²) < 4.78 is 24.8. The minimum absolute atomic E-state index is 0.0643. The quantitative estimate of drug-likeness (QED) is 0.689. The van der Waals surface area contributed by atoms with Gasteiger partial charge in [0.05, 0.1) is 13.1 Å². The van der Waals surface area contributed by atoms with Crippen molar-refractivity contribution in [2.75, 3.05) is 26.7 Å². The van der Waals surface area contributed by atoms with E-state index in [2.05, 4.69) is 12.2 Å². The number of likely N-dealkylation sites (N-methyl/N-ethyl adjacent to an activating group) is 1. The van der Waals surface area contributed by atoms with Gasteiger partial charge < -0.3 is 5.32 Å². The Hall–Kier alpha value is -0.220. The maximum Gasteiger partial charge on any atom is 0.272 e. The molecule has 1 atom stereocenters. The number of rotatable bonds is 4. The van der Waals surface area contributed by atoms with Crippen LogP contribution in [0.5, 0.6) is 0 Å². The van der Waals surface area contributed by atoms with Crippen LogP contribution in [0.4, 0.5) is 8.78 Å². The van der Waals surface area contributed by atoms with Gasteiger partial charge in [0.25, 0.3) is 5.92 Å². The van der Waals surface area contributed by atoms with Gasteiger partial charge in [0.15, 0.2) is 0 Å². The number of likely N-dealkylation sites (tertiary alicyclic amines) is 1. The van der Waals surface area contributed by atoms with Crippen LogP contribution in [-0.2, 0) is 0 Å². The first-order valence-corrected chi connectivity index (χ1v) is 4.35. The van der Waals surface area contributed by atoms with Crippen molar-refractivity contribution in [2.45, 2.75) is 25.3 Å². The summed E-state index contributed by atoms with van der Waals surface area (Å²) >= 11 is 0. The Morgan fingerprint density at radius 3 is 2.42 bits per heavy atom. The van der Waals surface area contributed by atoms with Crippen molar-refractivity contribution >= 4 is 0 Å². The molecule has 0 bridgehead atoms. The number of halogens is 2. The lowest BCUT2D eigenvalue weighted by Crippen LogP contribution is -2.59. The molecule has 0 aliphatic carbocycles. The van der Waals surface area contributed by atoms with E-state index in [-0.39, 0.29) is 13.1 Å². The highest BCUT2D eigenvalue weighted by atomic mass is 19.3. The van der Waals surface area contributed by atoms with E-state index in [1.165, 1.54) is 0 Å². The highest BCUT2D eigenvalue weighted by Crippen LogP contribution is 2.26. The van der Waals surface area contributed by atoms with E-state index >= 15 is 0 Å². The van der Waals surface area contributed by atoms with Crippen molar-refractivity contribution in [1.29, 1.82) is 0 Å². The van der Waals surface area contributed by atoms with Gasteiger partial charge in [-0.2, -0.15) is 0 Å². The van der Waals surface area contributed by atoms with Crippen molar-refractivity contribution in [3.63, 3.8) is 0 Å². The summed E-state index contributed by atoms with van der Waals surface area (Å²) in [6.45, 7) is 2.66. The molecular weight excluding hydrogens is 162 g/mol. The molecule has 0 radical (unpaired) electrons. The van der Waals surface area contributed by atoms with Crippen LogP contribution in [0.1, 0.15) is 13.3 Å². The van der Waals surface area contributed by atoms with Crippen LogP contribution in [0.3, 0.4) is 0 Å². The first kappa shape index (κ1) is 9.86. The summed E-state index contributed by atoms with van der Waals surface area (Å²) in [6.07, 6.45) is 0.985. The first-order valence-electron chi connectivity index (χ1n) is 4.35. The predicted molar refractivity (Wildman–Crippen MR) is 44.5 cm³/mol. The molecule has 0 saturated carbocycles. The van der Waals surface area contributed by atoms with Crippen LogP contribution in [-0.4, -0.2) is 43.5 Å². The van der Waals surface area contributed by atoms with Crippen molar-refractivity contribution in [2.24, 2.45) is 0 Å². The molecule has 1 N–H and O–H groups in total. The van der Waals surface area contributed by atoms with Gasteiger partial charge in [-0.25, -0.2) is 8.78 Å². The zero-order valence-electron chi connectivity index (χ0n) is 7.61. The summed E-state index contributed by atoms with van der Waals surface area (Å²) in [5, 5.41) is 3.09. The second-order valence-corrected chi connectivity index (χ2v) is 3.42. The second-order valence-electron chi connectivity index (χ2n) is 3.42. The van der Waals surface area contributed by atoms with Gasteiger partial charge in [-0.3, -0.25) is 4.90 Å². The molecule has 72 valence electrons. The topological polar surface area (TPSA) is 15.3 Å². The zero-order chi connectivity index (χ0) is 9.19. The zero-order valence-corrected chi connectivity index (χ0v) is 7.61. The first-order chi connectivity index (χ1) is 5.57. The monoisotopic (exact) mass is 178 g/mol. The average molecular weight is 178 g/mol. The summed E-state index contributed by atoms with van der Waals surface area (Å²) in [5.74, 6) is -2.42. The lowest BCUT2D eigenvalue weighted by Gasteiger charge is -2.40. The Labute approximate surface area is 71.9 Å². The SMILES string of the molecule is CCC(CN1CC(F)(F)C1)NC. The van der Waals surface area contributed by atoms with Crippen LogP contribution in [0, 0.1) is 0 Å². The normalized spacial score (nSPS) is 25.0. The van der Waals surface area contributed by atoms with E-state index < -0.39 is 5.92 Å². The van der Waals surface area contributed by atoms with Gasteiger partial charge in [0, 0.05) is 12.6 Å². The van der Waals surface area contributed by atoms with Crippen LogP contribution in [0.25, 0.3) is 0 Å². The smallest absolute Gasteiger partial charge is 0.272 e. The fraction of sp³-hybridized carbons (Fsp3) is 1.00. The predicted octanol–water partition coefficient (Wildman–Crippen LogP) is 0.935. The minimum atomic E-state index is -2.42. The van der Waals surface area contributed by atoms with Crippen LogP contribution in [0.2, 0.25) is 0 Å². The van der Waals surface area contributed by atoms with E-state index in [0.29, 0.717) is 6.04 Å². The molecule has 1 rings (SSSR count). The van der Waals surface area contributed by atoms with Crippen molar-refractivity contribution in [1.82, 2.24) is 10.2 Å². The molecule has 1 aliphatic rings. The second kappa shape index (κ2) is 3.66.